The monoisotopic (exact) mass is 301 g/mol. The summed E-state index contributed by atoms with van der Waals surface area (Å²) >= 11 is 5.09. The van der Waals surface area contributed by atoms with Crippen LogP contribution in [0.5, 0.6) is 0 Å². The van der Waals surface area contributed by atoms with Gasteiger partial charge < -0.3 is 4.90 Å². The van der Waals surface area contributed by atoms with Gasteiger partial charge >= 0.3 is 0 Å². The first-order valence-corrected chi connectivity index (χ1v) is 7.69. The number of rotatable bonds is 5. The molecule has 2 nitrogen and oxygen atoms in total. The third kappa shape index (κ3) is 2.86. The molecule has 0 N–H and O–H groups in total. The van der Waals surface area contributed by atoms with E-state index in [1.807, 2.05) is 17.5 Å². The van der Waals surface area contributed by atoms with Crippen molar-refractivity contribution in [3.8, 4) is 0 Å². The summed E-state index contributed by atoms with van der Waals surface area (Å²) in [5.41, 5.74) is 0. The van der Waals surface area contributed by atoms with Gasteiger partial charge in [0, 0.05) is 22.8 Å². The van der Waals surface area contributed by atoms with Crippen molar-refractivity contribution in [1.82, 2.24) is 4.90 Å². The molecule has 4 heteroatoms. The minimum Gasteiger partial charge on any atom is -0.339 e. The molecule has 0 aromatic carbocycles. The molecule has 1 aliphatic rings. The normalized spacial score (nSPS) is 15.8. The highest BCUT2D eigenvalue weighted by molar-refractivity contribution is 9.09. The molecule has 0 bridgehead atoms. The van der Waals surface area contributed by atoms with Crippen LogP contribution >= 0.6 is 27.3 Å². The summed E-state index contributed by atoms with van der Waals surface area (Å²) in [6.07, 6.45) is 4.21. The van der Waals surface area contributed by atoms with Gasteiger partial charge in [0.05, 0.1) is 6.42 Å². The number of alkyl halides is 1. The minimum absolute atomic E-state index is 0.284. The molecule has 88 valence electrons. The molecule has 1 heterocycles. The lowest BCUT2D eigenvalue weighted by Crippen LogP contribution is -2.45. The lowest BCUT2D eigenvalue weighted by Gasteiger charge is -2.37. The van der Waals surface area contributed by atoms with Gasteiger partial charge in [-0.25, -0.2) is 0 Å². The minimum atomic E-state index is 0.284. The van der Waals surface area contributed by atoms with Crippen LogP contribution in [0.3, 0.4) is 0 Å². The zero-order chi connectivity index (χ0) is 11.4. The van der Waals surface area contributed by atoms with E-state index in [1.54, 1.807) is 11.3 Å². The summed E-state index contributed by atoms with van der Waals surface area (Å²) in [5, 5.41) is 2.90. The van der Waals surface area contributed by atoms with Crippen LogP contribution in [0.15, 0.2) is 17.5 Å². The highest BCUT2D eigenvalue weighted by Crippen LogP contribution is 2.25. The summed E-state index contributed by atoms with van der Waals surface area (Å²) < 4.78 is 0. The zero-order valence-corrected chi connectivity index (χ0v) is 11.6. The number of hydrogen-bond donors (Lipinski definition) is 0. The number of amides is 1. The molecular weight excluding hydrogens is 286 g/mol. The largest absolute Gasteiger partial charge is 0.339 e. The van der Waals surface area contributed by atoms with Gasteiger partial charge in [0.25, 0.3) is 0 Å². The molecule has 1 amide bonds. The summed E-state index contributed by atoms with van der Waals surface area (Å²) in [7, 11) is 0. The second-order valence-electron chi connectivity index (χ2n) is 4.12. The maximum absolute atomic E-state index is 12.1. The molecule has 1 aromatic rings. The van der Waals surface area contributed by atoms with E-state index in [-0.39, 0.29) is 5.91 Å². The van der Waals surface area contributed by atoms with Gasteiger partial charge in [-0.3, -0.25) is 4.79 Å². The lowest BCUT2D eigenvalue weighted by atomic mass is 9.91. The second kappa shape index (κ2) is 5.82. The van der Waals surface area contributed by atoms with Crippen LogP contribution < -0.4 is 0 Å². The first-order valence-electron chi connectivity index (χ1n) is 5.69. The molecule has 1 aliphatic carbocycles. The summed E-state index contributed by atoms with van der Waals surface area (Å²) in [4.78, 5) is 15.4. The van der Waals surface area contributed by atoms with Gasteiger partial charge in [-0.15, -0.1) is 11.3 Å². The number of carbonyl (C=O) groups is 1. The van der Waals surface area contributed by atoms with Crippen molar-refractivity contribution < 1.29 is 4.79 Å². The molecule has 0 unspecified atom stereocenters. The number of hydrogen-bond acceptors (Lipinski definition) is 2. The number of carbonyl (C=O) groups excluding carboxylic acids is 1. The van der Waals surface area contributed by atoms with Crippen molar-refractivity contribution in [1.29, 1.82) is 0 Å². The predicted octanol–water partition coefficient (Wildman–Crippen LogP) is 3.07. The van der Waals surface area contributed by atoms with Crippen LogP contribution in [-0.4, -0.2) is 28.7 Å². The van der Waals surface area contributed by atoms with Crippen molar-refractivity contribution >= 4 is 33.2 Å². The maximum atomic E-state index is 12.1. The standard InChI is InChI=1S/C12H16BrNOS/c13-6-7-14(10-3-1-4-10)12(15)9-11-5-2-8-16-11/h2,5,8,10H,1,3-4,6-7,9H2. The van der Waals surface area contributed by atoms with E-state index in [0.717, 1.165) is 11.9 Å². The van der Waals surface area contributed by atoms with E-state index in [4.69, 9.17) is 0 Å². The molecule has 2 rings (SSSR count). The van der Waals surface area contributed by atoms with Crippen LogP contribution in [0, 0.1) is 0 Å². The van der Waals surface area contributed by atoms with Gasteiger partial charge in [0.15, 0.2) is 0 Å². The number of halogens is 1. The van der Waals surface area contributed by atoms with Crippen molar-refractivity contribution in [3.63, 3.8) is 0 Å². The topological polar surface area (TPSA) is 20.3 Å². The number of thiophene rings is 1. The lowest BCUT2D eigenvalue weighted by molar-refractivity contribution is -0.134. The van der Waals surface area contributed by atoms with Gasteiger partial charge in [-0.05, 0) is 30.7 Å². The highest BCUT2D eigenvalue weighted by Gasteiger charge is 2.28. The van der Waals surface area contributed by atoms with Crippen molar-refractivity contribution in [3.05, 3.63) is 22.4 Å². The summed E-state index contributed by atoms with van der Waals surface area (Å²) in [6.45, 7) is 0.842. The molecule has 16 heavy (non-hydrogen) atoms. The first-order chi connectivity index (χ1) is 7.81. The van der Waals surface area contributed by atoms with Crippen molar-refractivity contribution in [2.24, 2.45) is 0 Å². The van der Waals surface area contributed by atoms with Gasteiger partial charge in [0.1, 0.15) is 0 Å². The molecule has 0 spiro atoms. The number of nitrogens with zero attached hydrogens (tertiary/aromatic N) is 1. The maximum Gasteiger partial charge on any atom is 0.228 e. The molecule has 1 saturated carbocycles. The van der Waals surface area contributed by atoms with Crippen LogP contribution in [-0.2, 0) is 11.2 Å². The third-order valence-corrected chi connectivity index (χ3v) is 4.30. The van der Waals surface area contributed by atoms with E-state index >= 15 is 0 Å². The van der Waals surface area contributed by atoms with Crippen molar-refractivity contribution in [2.45, 2.75) is 31.7 Å². The Kier molecular flexibility index (Phi) is 4.41. The van der Waals surface area contributed by atoms with Crippen LogP contribution in [0.1, 0.15) is 24.1 Å². The van der Waals surface area contributed by atoms with E-state index < -0.39 is 0 Å². The van der Waals surface area contributed by atoms with E-state index in [0.29, 0.717) is 12.5 Å². The summed E-state index contributed by atoms with van der Waals surface area (Å²) in [6, 6.07) is 4.55. The Balaban J connectivity index is 1.93. The molecular formula is C12H16BrNOS. The fourth-order valence-electron chi connectivity index (χ4n) is 1.96. The SMILES string of the molecule is O=C(Cc1cccs1)N(CCBr)C1CCC1. The van der Waals surface area contributed by atoms with Crippen LogP contribution in [0.25, 0.3) is 0 Å². The van der Waals surface area contributed by atoms with E-state index in [1.165, 1.54) is 24.1 Å². The fraction of sp³-hybridized carbons (Fsp3) is 0.583. The van der Waals surface area contributed by atoms with Gasteiger partial charge in [-0.1, -0.05) is 22.0 Å². The molecule has 0 atom stereocenters. The van der Waals surface area contributed by atoms with Crippen LogP contribution in [0.2, 0.25) is 0 Å². The smallest absolute Gasteiger partial charge is 0.228 e. The third-order valence-electron chi connectivity index (χ3n) is 3.07. The molecule has 1 fully saturated rings. The summed E-state index contributed by atoms with van der Waals surface area (Å²) in [5.74, 6) is 0.284. The molecule has 1 aromatic heterocycles. The Bertz CT molecular complexity index is 335. The Morgan fingerprint density at radius 2 is 2.38 bits per heavy atom. The Morgan fingerprint density at radius 1 is 1.56 bits per heavy atom. The predicted molar refractivity (Wildman–Crippen MR) is 71.2 cm³/mol. The fourth-order valence-corrected chi connectivity index (χ4v) is 3.04. The van der Waals surface area contributed by atoms with Gasteiger partial charge in [-0.2, -0.15) is 0 Å². The Labute approximate surface area is 109 Å². The first kappa shape index (κ1) is 12.1. The van der Waals surface area contributed by atoms with Gasteiger partial charge in [0.2, 0.25) is 5.91 Å². The second-order valence-corrected chi connectivity index (χ2v) is 5.94. The zero-order valence-electron chi connectivity index (χ0n) is 9.19. The van der Waals surface area contributed by atoms with E-state index in [9.17, 15) is 4.79 Å². The average molecular weight is 302 g/mol. The molecule has 0 aliphatic heterocycles. The molecule has 0 saturated heterocycles. The van der Waals surface area contributed by atoms with Crippen LogP contribution in [0.4, 0.5) is 0 Å². The highest BCUT2D eigenvalue weighted by atomic mass is 79.9. The quantitative estimate of drug-likeness (QED) is 0.766. The van der Waals surface area contributed by atoms with Crippen molar-refractivity contribution in [2.75, 3.05) is 11.9 Å². The van der Waals surface area contributed by atoms with E-state index in [2.05, 4.69) is 20.8 Å². The Morgan fingerprint density at radius 3 is 2.88 bits per heavy atom. The Hall–Kier alpha value is -0.350. The molecule has 0 radical (unpaired) electrons. The average Bonchev–Trinajstić information content (AvgIpc) is 2.67.